The van der Waals surface area contributed by atoms with Crippen molar-refractivity contribution in [1.29, 1.82) is 5.26 Å². The van der Waals surface area contributed by atoms with Crippen LogP contribution in [0.4, 0.5) is 10.1 Å². The van der Waals surface area contributed by atoms with Crippen molar-refractivity contribution in [3.05, 3.63) is 88.7 Å². The molecule has 30 heavy (non-hydrogen) atoms. The molecule has 0 saturated carbocycles. The summed E-state index contributed by atoms with van der Waals surface area (Å²) in [6.07, 6.45) is 0. The number of amides is 1. The summed E-state index contributed by atoms with van der Waals surface area (Å²) in [6, 6.07) is 18.4. The summed E-state index contributed by atoms with van der Waals surface area (Å²) in [6.45, 7) is 2.72. The summed E-state index contributed by atoms with van der Waals surface area (Å²) in [4.78, 5) is 14.7. The highest BCUT2D eigenvalue weighted by molar-refractivity contribution is 6.04. The third-order valence-electron chi connectivity index (χ3n) is 4.43. The predicted octanol–water partition coefficient (Wildman–Crippen LogP) is 5.11. The van der Waals surface area contributed by atoms with Gasteiger partial charge in [-0.3, -0.25) is 4.79 Å². The number of aryl methyl sites for hydroxylation is 1. The molecule has 0 aliphatic heterocycles. The molecule has 0 bridgehead atoms. The van der Waals surface area contributed by atoms with Crippen LogP contribution in [0.1, 0.15) is 27.0 Å². The van der Waals surface area contributed by atoms with Crippen molar-refractivity contribution in [3.63, 3.8) is 0 Å². The maximum Gasteiger partial charge on any atom is 0.255 e. The highest BCUT2D eigenvalue weighted by Crippen LogP contribution is 2.27. The van der Waals surface area contributed by atoms with Crippen LogP contribution < -0.4 is 10.1 Å². The maximum absolute atomic E-state index is 13.7. The van der Waals surface area contributed by atoms with E-state index in [1.807, 2.05) is 38.1 Å². The van der Waals surface area contributed by atoms with Gasteiger partial charge in [0.1, 0.15) is 28.9 Å². The zero-order valence-electron chi connectivity index (χ0n) is 17.1. The van der Waals surface area contributed by atoms with E-state index >= 15 is 0 Å². The van der Waals surface area contributed by atoms with Gasteiger partial charge in [0.15, 0.2) is 0 Å². The Morgan fingerprint density at radius 2 is 1.87 bits per heavy atom. The second-order valence-corrected chi connectivity index (χ2v) is 7.20. The minimum atomic E-state index is -0.641. The average Bonchev–Trinajstić information content (AvgIpc) is 2.70. The van der Waals surface area contributed by atoms with Crippen molar-refractivity contribution in [3.8, 4) is 17.6 Å². The summed E-state index contributed by atoms with van der Waals surface area (Å²) in [5, 5.41) is 12.1. The third kappa shape index (κ3) is 5.02. The van der Waals surface area contributed by atoms with Crippen LogP contribution in [-0.2, 0) is 6.54 Å². The fourth-order valence-corrected chi connectivity index (χ4v) is 3.01. The van der Waals surface area contributed by atoms with Crippen molar-refractivity contribution >= 4 is 11.6 Å². The summed E-state index contributed by atoms with van der Waals surface area (Å²) in [7, 11) is 3.95. The lowest BCUT2D eigenvalue weighted by atomic mass is 10.1. The number of nitrogens with zero attached hydrogens (tertiary/aromatic N) is 2. The van der Waals surface area contributed by atoms with Gasteiger partial charge < -0.3 is 15.0 Å². The Balaban J connectivity index is 1.75. The second-order valence-electron chi connectivity index (χ2n) is 7.20. The Labute approximate surface area is 175 Å². The Morgan fingerprint density at radius 1 is 1.13 bits per heavy atom. The second kappa shape index (κ2) is 9.21. The standard InChI is InChI=1S/C24H22FN3O2/c1-16-7-12-22(18(13-16)15-28(2)3)27-24(29)17-8-10-19(11-9-17)30-23-6-4-5-21(25)20(23)14-26/h4-13H,15H2,1-3H3,(H,27,29). The van der Waals surface area contributed by atoms with Crippen LogP contribution in [0, 0.1) is 24.1 Å². The molecular weight excluding hydrogens is 381 g/mol. The molecule has 1 N–H and O–H groups in total. The number of anilines is 1. The Hall–Kier alpha value is -3.69. The van der Waals surface area contributed by atoms with E-state index in [1.165, 1.54) is 18.2 Å². The van der Waals surface area contributed by atoms with Crippen LogP contribution >= 0.6 is 0 Å². The number of rotatable bonds is 6. The molecule has 3 aromatic carbocycles. The van der Waals surface area contributed by atoms with Gasteiger partial charge in [0.25, 0.3) is 5.91 Å². The maximum atomic E-state index is 13.7. The van der Waals surface area contributed by atoms with E-state index in [2.05, 4.69) is 11.4 Å². The topological polar surface area (TPSA) is 65.4 Å². The van der Waals surface area contributed by atoms with Crippen LogP contribution in [0.2, 0.25) is 0 Å². The largest absolute Gasteiger partial charge is 0.456 e. The molecule has 0 heterocycles. The molecule has 0 spiro atoms. The van der Waals surface area contributed by atoms with Crippen LogP contribution in [0.15, 0.2) is 60.7 Å². The molecule has 3 rings (SSSR count). The summed E-state index contributed by atoms with van der Waals surface area (Å²) in [5.74, 6) is -0.355. The number of ether oxygens (including phenoxy) is 1. The molecule has 5 nitrogen and oxygen atoms in total. The monoisotopic (exact) mass is 403 g/mol. The van der Waals surface area contributed by atoms with Gasteiger partial charge in [-0.25, -0.2) is 4.39 Å². The molecule has 0 fully saturated rings. The van der Waals surface area contributed by atoms with Gasteiger partial charge in [-0.05, 0) is 69.0 Å². The van der Waals surface area contributed by atoms with E-state index in [1.54, 1.807) is 30.3 Å². The lowest BCUT2D eigenvalue weighted by molar-refractivity contribution is 0.102. The first kappa shape index (κ1) is 21.0. The SMILES string of the molecule is Cc1ccc(NC(=O)c2ccc(Oc3cccc(F)c3C#N)cc2)c(CN(C)C)c1. The molecule has 0 atom stereocenters. The zero-order valence-corrected chi connectivity index (χ0v) is 17.1. The molecule has 0 aliphatic rings. The van der Waals surface area contributed by atoms with Gasteiger partial charge >= 0.3 is 0 Å². The first-order valence-corrected chi connectivity index (χ1v) is 9.39. The molecule has 0 saturated heterocycles. The minimum Gasteiger partial charge on any atom is -0.456 e. The van der Waals surface area contributed by atoms with Crippen molar-refractivity contribution in [2.45, 2.75) is 13.5 Å². The number of carbonyl (C=O) groups is 1. The normalized spacial score (nSPS) is 10.5. The van der Waals surface area contributed by atoms with Crippen molar-refractivity contribution in [1.82, 2.24) is 4.90 Å². The number of nitrogens with one attached hydrogen (secondary N) is 1. The number of nitriles is 1. The van der Waals surface area contributed by atoms with E-state index in [9.17, 15) is 9.18 Å². The fraction of sp³-hybridized carbons (Fsp3) is 0.167. The van der Waals surface area contributed by atoms with Crippen LogP contribution in [-0.4, -0.2) is 24.9 Å². The smallest absolute Gasteiger partial charge is 0.255 e. The Morgan fingerprint density at radius 3 is 2.53 bits per heavy atom. The molecular formula is C24H22FN3O2. The fourth-order valence-electron chi connectivity index (χ4n) is 3.01. The van der Waals surface area contributed by atoms with Crippen molar-refractivity contribution in [2.75, 3.05) is 19.4 Å². The molecule has 0 aliphatic carbocycles. The van der Waals surface area contributed by atoms with Gasteiger partial charge in [-0.1, -0.05) is 23.8 Å². The molecule has 152 valence electrons. The summed E-state index contributed by atoms with van der Waals surface area (Å²) in [5.41, 5.74) is 3.22. The minimum absolute atomic E-state index is 0.127. The molecule has 1 amide bonds. The molecule has 6 heteroatoms. The molecule has 0 aromatic heterocycles. The van der Waals surface area contributed by atoms with Gasteiger partial charge in [0, 0.05) is 17.8 Å². The number of halogens is 1. The van der Waals surface area contributed by atoms with E-state index in [0.717, 1.165) is 16.8 Å². The Bertz CT molecular complexity index is 1100. The van der Waals surface area contributed by atoms with Gasteiger partial charge in [-0.2, -0.15) is 5.26 Å². The number of benzene rings is 3. The van der Waals surface area contributed by atoms with Crippen LogP contribution in [0.3, 0.4) is 0 Å². The first-order valence-electron chi connectivity index (χ1n) is 9.39. The van der Waals surface area contributed by atoms with Gasteiger partial charge in [0.2, 0.25) is 0 Å². The molecule has 0 unspecified atom stereocenters. The number of carbonyl (C=O) groups excluding carboxylic acids is 1. The lowest BCUT2D eigenvalue weighted by Crippen LogP contribution is -2.16. The zero-order chi connectivity index (χ0) is 21.7. The Kier molecular flexibility index (Phi) is 6.45. The quantitative estimate of drug-likeness (QED) is 0.621. The van der Waals surface area contributed by atoms with Gasteiger partial charge in [-0.15, -0.1) is 0 Å². The van der Waals surface area contributed by atoms with Crippen molar-refractivity contribution < 1.29 is 13.9 Å². The highest BCUT2D eigenvalue weighted by atomic mass is 19.1. The van der Waals surface area contributed by atoms with E-state index < -0.39 is 5.82 Å². The van der Waals surface area contributed by atoms with E-state index in [0.29, 0.717) is 17.9 Å². The number of hydrogen-bond donors (Lipinski definition) is 1. The number of hydrogen-bond acceptors (Lipinski definition) is 4. The average molecular weight is 403 g/mol. The van der Waals surface area contributed by atoms with E-state index in [4.69, 9.17) is 10.00 Å². The lowest BCUT2D eigenvalue weighted by Gasteiger charge is -2.16. The molecule has 3 aromatic rings. The molecule has 0 radical (unpaired) electrons. The predicted molar refractivity (Wildman–Crippen MR) is 114 cm³/mol. The first-order chi connectivity index (χ1) is 14.4. The summed E-state index contributed by atoms with van der Waals surface area (Å²) >= 11 is 0. The van der Waals surface area contributed by atoms with Crippen molar-refractivity contribution in [2.24, 2.45) is 0 Å². The van der Waals surface area contributed by atoms with E-state index in [-0.39, 0.29) is 17.2 Å². The third-order valence-corrected chi connectivity index (χ3v) is 4.43. The summed E-state index contributed by atoms with van der Waals surface area (Å²) < 4.78 is 19.3. The van der Waals surface area contributed by atoms with Crippen LogP contribution in [0.5, 0.6) is 11.5 Å². The van der Waals surface area contributed by atoms with Gasteiger partial charge in [0.05, 0.1) is 0 Å². The van der Waals surface area contributed by atoms with Crippen LogP contribution in [0.25, 0.3) is 0 Å². The highest BCUT2D eigenvalue weighted by Gasteiger charge is 2.12.